The number of nitrogens with zero attached hydrogens (tertiary/aromatic N) is 1. The summed E-state index contributed by atoms with van der Waals surface area (Å²) in [5.41, 5.74) is 4.90. The van der Waals surface area contributed by atoms with Crippen molar-refractivity contribution in [2.75, 3.05) is 13.6 Å². The minimum Gasteiger partial charge on any atom is -0.409 e. The average Bonchev–Trinajstić information content (AvgIpc) is 2.25. The highest BCUT2D eigenvalue weighted by Crippen LogP contribution is 2.13. The summed E-state index contributed by atoms with van der Waals surface area (Å²) in [7, 11) is 1.61. The van der Waals surface area contributed by atoms with Gasteiger partial charge in [0.25, 0.3) is 0 Å². The quantitative estimate of drug-likeness (QED) is 0.221. The number of oxime groups is 1. The molecule has 0 aliphatic carbocycles. The molecule has 94 valence electrons. The lowest BCUT2D eigenvalue weighted by atomic mass is 9.92. The third-order valence-corrected chi connectivity index (χ3v) is 2.38. The number of amides is 1. The van der Waals surface area contributed by atoms with Crippen molar-refractivity contribution in [1.82, 2.24) is 10.6 Å². The number of carbonyl (C=O) groups is 1. The first-order valence-electron chi connectivity index (χ1n) is 5.25. The Balaban J connectivity index is 4.09. The molecule has 0 saturated heterocycles. The molecule has 1 amide bonds. The highest BCUT2D eigenvalue weighted by atomic mass is 16.4. The highest BCUT2D eigenvalue weighted by Gasteiger charge is 2.26. The standard InChI is InChI=1S/C10H22N4O2/c1-7(5-8(11)14-16)13-6-10(2,3)9(15)12-4/h7,13,16H,5-6H2,1-4H3,(H2,11,14)(H,12,15). The first-order valence-corrected chi connectivity index (χ1v) is 5.25. The predicted molar refractivity (Wildman–Crippen MR) is 63.3 cm³/mol. The van der Waals surface area contributed by atoms with Crippen LogP contribution in [0.25, 0.3) is 0 Å². The summed E-state index contributed by atoms with van der Waals surface area (Å²) in [6.45, 7) is 6.16. The van der Waals surface area contributed by atoms with E-state index in [0.717, 1.165) is 0 Å². The topological polar surface area (TPSA) is 99.7 Å². The molecule has 0 aromatic rings. The Bertz CT molecular complexity index is 264. The van der Waals surface area contributed by atoms with Gasteiger partial charge in [-0.3, -0.25) is 4.79 Å². The maximum absolute atomic E-state index is 11.5. The molecule has 0 aliphatic rings. The Labute approximate surface area is 96.3 Å². The normalized spacial score (nSPS) is 14.6. The van der Waals surface area contributed by atoms with Crippen LogP contribution in [0, 0.1) is 5.41 Å². The Morgan fingerprint density at radius 3 is 2.56 bits per heavy atom. The van der Waals surface area contributed by atoms with Gasteiger partial charge in [-0.2, -0.15) is 0 Å². The Kier molecular flexibility index (Phi) is 5.81. The highest BCUT2D eigenvalue weighted by molar-refractivity contribution is 5.82. The third kappa shape index (κ3) is 4.97. The van der Waals surface area contributed by atoms with E-state index in [1.165, 1.54) is 0 Å². The Hall–Kier alpha value is -1.30. The lowest BCUT2D eigenvalue weighted by Gasteiger charge is -2.25. The maximum Gasteiger partial charge on any atom is 0.226 e. The molecule has 0 saturated carbocycles. The summed E-state index contributed by atoms with van der Waals surface area (Å²) in [5.74, 6) is 0.161. The summed E-state index contributed by atoms with van der Waals surface area (Å²) < 4.78 is 0. The first kappa shape index (κ1) is 14.7. The van der Waals surface area contributed by atoms with Crippen molar-refractivity contribution in [3.05, 3.63) is 0 Å². The average molecular weight is 230 g/mol. The van der Waals surface area contributed by atoms with Crippen LogP contribution in [0.5, 0.6) is 0 Å². The van der Waals surface area contributed by atoms with Gasteiger partial charge in [0.15, 0.2) is 0 Å². The van der Waals surface area contributed by atoms with E-state index in [1.54, 1.807) is 7.05 Å². The van der Waals surface area contributed by atoms with E-state index in [0.29, 0.717) is 13.0 Å². The maximum atomic E-state index is 11.5. The summed E-state index contributed by atoms with van der Waals surface area (Å²) >= 11 is 0. The van der Waals surface area contributed by atoms with Gasteiger partial charge in [-0.15, -0.1) is 0 Å². The van der Waals surface area contributed by atoms with Gasteiger partial charge in [-0.05, 0) is 20.8 Å². The van der Waals surface area contributed by atoms with Crippen LogP contribution in [0.1, 0.15) is 27.2 Å². The largest absolute Gasteiger partial charge is 0.409 e. The van der Waals surface area contributed by atoms with Gasteiger partial charge in [-0.1, -0.05) is 5.16 Å². The molecule has 0 fully saturated rings. The molecule has 6 heteroatoms. The van der Waals surface area contributed by atoms with Gasteiger partial charge in [0, 0.05) is 26.1 Å². The fraction of sp³-hybridized carbons (Fsp3) is 0.800. The molecule has 0 aromatic carbocycles. The molecule has 0 radical (unpaired) electrons. The smallest absolute Gasteiger partial charge is 0.226 e. The van der Waals surface area contributed by atoms with Crippen molar-refractivity contribution in [2.45, 2.75) is 33.2 Å². The number of nitrogens with two attached hydrogens (primary N) is 1. The van der Waals surface area contributed by atoms with Gasteiger partial charge < -0.3 is 21.6 Å². The van der Waals surface area contributed by atoms with Gasteiger partial charge in [0.2, 0.25) is 5.91 Å². The molecule has 1 atom stereocenters. The molecule has 0 bridgehead atoms. The zero-order valence-electron chi connectivity index (χ0n) is 10.4. The van der Waals surface area contributed by atoms with E-state index >= 15 is 0 Å². The van der Waals surface area contributed by atoms with Crippen molar-refractivity contribution in [3.63, 3.8) is 0 Å². The van der Waals surface area contributed by atoms with Crippen molar-refractivity contribution in [2.24, 2.45) is 16.3 Å². The molecular formula is C10H22N4O2. The Morgan fingerprint density at radius 2 is 2.12 bits per heavy atom. The van der Waals surface area contributed by atoms with E-state index in [9.17, 15) is 4.79 Å². The summed E-state index contributed by atoms with van der Waals surface area (Å²) in [6.07, 6.45) is 0.445. The van der Waals surface area contributed by atoms with Gasteiger partial charge in [0.1, 0.15) is 5.84 Å². The fourth-order valence-corrected chi connectivity index (χ4v) is 1.27. The van der Waals surface area contributed by atoms with E-state index in [2.05, 4.69) is 15.8 Å². The summed E-state index contributed by atoms with van der Waals surface area (Å²) in [6, 6.07) is 0.0554. The number of amidine groups is 1. The van der Waals surface area contributed by atoms with Gasteiger partial charge in [0.05, 0.1) is 5.41 Å². The van der Waals surface area contributed by atoms with Crippen LogP contribution >= 0.6 is 0 Å². The zero-order valence-corrected chi connectivity index (χ0v) is 10.4. The molecule has 0 heterocycles. The molecule has 0 spiro atoms. The molecular weight excluding hydrogens is 208 g/mol. The van der Waals surface area contributed by atoms with Crippen molar-refractivity contribution < 1.29 is 10.0 Å². The van der Waals surface area contributed by atoms with Crippen LogP contribution in [0.3, 0.4) is 0 Å². The fourth-order valence-electron chi connectivity index (χ4n) is 1.27. The van der Waals surface area contributed by atoms with Crippen LogP contribution in [0.2, 0.25) is 0 Å². The molecule has 0 rings (SSSR count). The SMILES string of the molecule is CNC(=O)C(C)(C)CNC(C)CC(N)=NO. The molecule has 0 aliphatic heterocycles. The summed E-state index contributed by atoms with van der Waals surface area (Å²) in [4.78, 5) is 11.5. The van der Waals surface area contributed by atoms with Crippen molar-refractivity contribution in [1.29, 1.82) is 0 Å². The number of hydrogen-bond donors (Lipinski definition) is 4. The number of hydrogen-bond acceptors (Lipinski definition) is 4. The second-order valence-corrected chi connectivity index (χ2v) is 4.54. The molecule has 16 heavy (non-hydrogen) atoms. The van der Waals surface area contributed by atoms with E-state index in [4.69, 9.17) is 10.9 Å². The number of rotatable bonds is 6. The molecule has 6 nitrogen and oxygen atoms in total. The number of carbonyl (C=O) groups excluding carboxylic acids is 1. The van der Waals surface area contributed by atoms with E-state index in [1.807, 2.05) is 20.8 Å². The molecule has 0 aromatic heterocycles. The molecule has 5 N–H and O–H groups in total. The number of nitrogens with one attached hydrogen (secondary N) is 2. The second-order valence-electron chi connectivity index (χ2n) is 4.54. The van der Waals surface area contributed by atoms with Gasteiger partial charge >= 0.3 is 0 Å². The second kappa shape index (κ2) is 6.32. The minimum absolute atomic E-state index is 0.0176. The Morgan fingerprint density at radius 1 is 1.56 bits per heavy atom. The van der Waals surface area contributed by atoms with Crippen LogP contribution < -0.4 is 16.4 Å². The van der Waals surface area contributed by atoms with Crippen LogP contribution in [0.4, 0.5) is 0 Å². The molecule has 1 unspecified atom stereocenters. The van der Waals surface area contributed by atoms with Crippen molar-refractivity contribution in [3.8, 4) is 0 Å². The summed E-state index contributed by atoms with van der Waals surface area (Å²) in [5, 5.41) is 17.1. The lowest BCUT2D eigenvalue weighted by molar-refractivity contribution is -0.128. The predicted octanol–water partition coefficient (Wildman–Crippen LogP) is -0.127. The van der Waals surface area contributed by atoms with Crippen LogP contribution in [-0.4, -0.2) is 36.6 Å². The lowest BCUT2D eigenvalue weighted by Crippen LogP contribution is -2.45. The van der Waals surface area contributed by atoms with Crippen LogP contribution in [-0.2, 0) is 4.79 Å². The van der Waals surface area contributed by atoms with Crippen LogP contribution in [0.15, 0.2) is 5.16 Å². The zero-order chi connectivity index (χ0) is 12.8. The minimum atomic E-state index is -0.478. The first-order chi connectivity index (χ1) is 7.33. The van der Waals surface area contributed by atoms with Crippen molar-refractivity contribution >= 4 is 11.7 Å². The van der Waals surface area contributed by atoms with Gasteiger partial charge in [-0.25, -0.2) is 0 Å². The third-order valence-electron chi connectivity index (χ3n) is 2.38. The monoisotopic (exact) mass is 230 g/mol. The van der Waals surface area contributed by atoms with E-state index < -0.39 is 5.41 Å². The van der Waals surface area contributed by atoms with E-state index in [-0.39, 0.29) is 17.8 Å².